The lowest BCUT2D eigenvalue weighted by molar-refractivity contribution is 0.668. The van der Waals surface area contributed by atoms with Gasteiger partial charge in [-0.15, -0.1) is 0 Å². The average Bonchev–Trinajstić information content (AvgIpc) is 3.83. The maximum Gasteiger partial charge on any atom is 0.137 e. The molecule has 59 heavy (non-hydrogen) atoms. The monoisotopic (exact) mass is 759 g/mol. The Hall–Kier alpha value is -6.90. The van der Waals surface area contributed by atoms with Gasteiger partial charge in [0.2, 0.25) is 0 Å². The van der Waals surface area contributed by atoms with Crippen LogP contribution in [0.4, 0.5) is 11.4 Å². The van der Waals surface area contributed by atoms with Crippen LogP contribution in [0.15, 0.2) is 216 Å². The second-order valence-electron chi connectivity index (χ2n) is 16.1. The standard InChI is InChI=1S/C57H45NO/c1-3-18-40(4-2)57(41-21-6-5-7-22-41)51-29-14-12-27-47(51)48-34-33-43(37-52(48)57)58(53-30-17-32-55-56(53)49-28-13-15-31-54(49)59-55)42-23-16-20-38(35-42)50-36-39-19-8-9-24-44(39)45-25-10-11-26-46(45)50/h3-34,37,39,42H,35-36H2,1-2H3/b18-3-,40-4+. The molecule has 3 atom stereocenters. The first-order chi connectivity index (χ1) is 29.2. The summed E-state index contributed by atoms with van der Waals surface area (Å²) in [5, 5.41) is 4.99. The van der Waals surface area contributed by atoms with Gasteiger partial charge in [-0.05, 0) is 118 Å². The summed E-state index contributed by atoms with van der Waals surface area (Å²) in [6, 6.07) is 51.5. The fourth-order valence-corrected chi connectivity index (χ4v) is 10.7. The third-order valence-electron chi connectivity index (χ3n) is 13.1. The van der Waals surface area contributed by atoms with Gasteiger partial charge in [0.05, 0.1) is 22.5 Å². The molecule has 0 bridgehead atoms. The van der Waals surface area contributed by atoms with E-state index in [-0.39, 0.29) is 6.04 Å². The number of nitrogens with zero attached hydrogens (tertiary/aromatic N) is 1. The summed E-state index contributed by atoms with van der Waals surface area (Å²) in [5.74, 6) is 0.375. The molecule has 0 saturated carbocycles. The fourth-order valence-electron chi connectivity index (χ4n) is 10.7. The second kappa shape index (κ2) is 14.2. The van der Waals surface area contributed by atoms with Crippen LogP contribution in [0, 0.1) is 5.92 Å². The summed E-state index contributed by atoms with van der Waals surface area (Å²) >= 11 is 0. The van der Waals surface area contributed by atoms with Gasteiger partial charge >= 0.3 is 0 Å². The number of anilines is 2. The molecule has 11 rings (SSSR count). The van der Waals surface area contributed by atoms with E-state index < -0.39 is 5.41 Å². The molecule has 4 aliphatic rings. The van der Waals surface area contributed by atoms with Crippen molar-refractivity contribution in [1.82, 2.24) is 0 Å². The van der Waals surface area contributed by atoms with Gasteiger partial charge < -0.3 is 9.32 Å². The van der Waals surface area contributed by atoms with Crippen LogP contribution in [-0.4, -0.2) is 6.04 Å². The Balaban J connectivity index is 1.15. The van der Waals surface area contributed by atoms with E-state index in [4.69, 9.17) is 4.42 Å². The molecule has 1 aromatic heterocycles. The molecule has 0 radical (unpaired) electrons. The van der Waals surface area contributed by atoms with E-state index in [2.05, 4.69) is 219 Å². The van der Waals surface area contributed by atoms with Crippen LogP contribution in [0.2, 0.25) is 0 Å². The molecule has 1 heterocycles. The summed E-state index contributed by atoms with van der Waals surface area (Å²) in [6.45, 7) is 4.31. The zero-order chi connectivity index (χ0) is 39.5. The molecule has 0 aliphatic heterocycles. The summed E-state index contributed by atoms with van der Waals surface area (Å²) in [4.78, 5) is 2.61. The lowest BCUT2D eigenvalue weighted by Gasteiger charge is -2.38. The Kier molecular flexibility index (Phi) is 8.48. The molecule has 0 fully saturated rings. The predicted octanol–water partition coefficient (Wildman–Crippen LogP) is 13.0. The van der Waals surface area contributed by atoms with Crippen molar-refractivity contribution < 1.29 is 4.42 Å². The van der Waals surface area contributed by atoms with E-state index in [1.54, 1.807) is 0 Å². The number of fused-ring (bicyclic) bond motifs is 8. The maximum atomic E-state index is 6.56. The van der Waals surface area contributed by atoms with Crippen LogP contribution >= 0.6 is 0 Å². The van der Waals surface area contributed by atoms with Crippen LogP contribution in [0.5, 0.6) is 0 Å². The normalized spacial score (nSPS) is 20.5. The van der Waals surface area contributed by atoms with E-state index in [0.717, 1.165) is 46.2 Å². The third kappa shape index (κ3) is 5.40. The number of allylic oxidation sites excluding steroid dienone is 10. The smallest absolute Gasteiger partial charge is 0.137 e. The number of furan rings is 1. The molecule has 0 amide bonds. The summed E-state index contributed by atoms with van der Waals surface area (Å²) in [7, 11) is 0. The Morgan fingerprint density at radius 3 is 2.34 bits per heavy atom. The largest absolute Gasteiger partial charge is 0.456 e. The number of hydrogen-bond acceptors (Lipinski definition) is 2. The lowest BCUT2D eigenvalue weighted by Crippen LogP contribution is -2.37. The van der Waals surface area contributed by atoms with Crippen LogP contribution in [-0.2, 0) is 5.41 Å². The van der Waals surface area contributed by atoms with Crippen molar-refractivity contribution in [2.24, 2.45) is 5.92 Å². The van der Waals surface area contributed by atoms with Crippen molar-refractivity contribution in [3.05, 3.63) is 239 Å². The first-order valence-corrected chi connectivity index (χ1v) is 21.0. The van der Waals surface area contributed by atoms with E-state index in [9.17, 15) is 0 Å². The molecule has 4 aliphatic carbocycles. The molecule has 6 aromatic carbocycles. The highest BCUT2D eigenvalue weighted by molar-refractivity contribution is 6.12. The zero-order valence-electron chi connectivity index (χ0n) is 33.5. The molecule has 3 unspecified atom stereocenters. The molecule has 0 spiro atoms. The van der Waals surface area contributed by atoms with Crippen LogP contribution in [0.3, 0.4) is 0 Å². The summed E-state index contributed by atoms with van der Waals surface area (Å²) in [5.41, 5.74) is 15.6. The highest BCUT2D eigenvalue weighted by atomic mass is 16.3. The molecular formula is C57H45NO. The van der Waals surface area contributed by atoms with Crippen molar-refractivity contribution in [2.45, 2.75) is 38.1 Å². The topological polar surface area (TPSA) is 16.4 Å². The number of para-hydroxylation sites is 1. The van der Waals surface area contributed by atoms with Crippen molar-refractivity contribution in [1.29, 1.82) is 0 Å². The zero-order valence-corrected chi connectivity index (χ0v) is 33.5. The van der Waals surface area contributed by atoms with Gasteiger partial charge in [0.15, 0.2) is 0 Å². The molecule has 7 aromatic rings. The van der Waals surface area contributed by atoms with Crippen molar-refractivity contribution in [3.8, 4) is 11.1 Å². The minimum atomic E-state index is -0.504. The highest BCUT2D eigenvalue weighted by Crippen LogP contribution is 2.58. The first-order valence-electron chi connectivity index (χ1n) is 21.0. The van der Waals surface area contributed by atoms with Gasteiger partial charge in [-0.25, -0.2) is 0 Å². The Bertz CT molecular complexity index is 3150. The number of hydrogen-bond donors (Lipinski definition) is 0. The Labute approximate surface area is 346 Å². The van der Waals surface area contributed by atoms with Gasteiger partial charge in [-0.1, -0.05) is 170 Å². The second-order valence-corrected chi connectivity index (χ2v) is 16.1. The maximum absolute atomic E-state index is 6.56. The molecule has 0 saturated heterocycles. The van der Waals surface area contributed by atoms with E-state index >= 15 is 0 Å². The number of rotatable bonds is 7. The quantitative estimate of drug-likeness (QED) is 0.151. The molecule has 284 valence electrons. The van der Waals surface area contributed by atoms with Gasteiger partial charge in [-0.3, -0.25) is 0 Å². The minimum Gasteiger partial charge on any atom is -0.456 e. The third-order valence-corrected chi connectivity index (χ3v) is 13.1. The average molecular weight is 760 g/mol. The lowest BCUT2D eigenvalue weighted by atomic mass is 9.67. The Morgan fingerprint density at radius 1 is 0.678 bits per heavy atom. The summed E-state index contributed by atoms with van der Waals surface area (Å²) in [6.07, 6.45) is 24.8. The fraction of sp³-hybridized carbons (Fsp3) is 0.123. The van der Waals surface area contributed by atoms with Crippen LogP contribution in [0.25, 0.3) is 44.2 Å². The van der Waals surface area contributed by atoms with Crippen molar-refractivity contribution in [3.63, 3.8) is 0 Å². The van der Waals surface area contributed by atoms with E-state index in [1.165, 1.54) is 60.5 Å². The highest BCUT2D eigenvalue weighted by Gasteiger charge is 2.47. The van der Waals surface area contributed by atoms with Gasteiger partial charge in [0, 0.05) is 17.0 Å². The van der Waals surface area contributed by atoms with E-state index in [1.807, 2.05) is 0 Å². The SMILES string of the molecule is C/C=C\C(=C/C)C1(c2ccccc2)c2ccccc2-c2ccc(N(c3cccc4oc5ccccc5c34)C3C=CC=C(C4=c5ccccc5=C5C=CC=CC5C4)C3)cc21. The van der Waals surface area contributed by atoms with Gasteiger partial charge in [-0.2, -0.15) is 0 Å². The Morgan fingerprint density at radius 2 is 1.46 bits per heavy atom. The van der Waals surface area contributed by atoms with Gasteiger partial charge in [0.1, 0.15) is 11.2 Å². The molecule has 0 N–H and O–H groups in total. The summed E-state index contributed by atoms with van der Waals surface area (Å²) < 4.78 is 6.56. The molecule has 2 nitrogen and oxygen atoms in total. The van der Waals surface area contributed by atoms with Crippen LogP contribution in [0.1, 0.15) is 43.4 Å². The molecule has 2 heteroatoms. The van der Waals surface area contributed by atoms with Gasteiger partial charge in [0.25, 0.3) is 0 Å². The number of benzene rings is 6. The minimum absolute atomic E-state index is 0.0331. The van der Waals surface area contributed by atoms with E-state index in [0.29, 0.717) is 5.92 Å². The predicted molar refractivity (Wildman–Crippen MR) is 247 cm³/mol. The molecular weight excluding hydrogens is 715 g/mol. The van der Waals surface area contributed by atoms with Crippen LogP contribution < -0.4 is 15.3 Å². The van der Waals surface area contributed by atoms with Crippen molar-refractivity contribution in [2.75, 3.05) is 4.90 Å². The first kappa shape index (κ1) is 35.3. The van der Waals surface area contributed by atoms with Crippen molar-refractivity contribution >= 4 is 44.5 Å².